The highest BCUT2D eigenvalue weighted by molar-refractivity contribution is 5.83. The number of hydrogen-bond donors (Lipinski definition) is 2. The van der Waals surface area contributed by atoms with E-state index in [9.17, 15) is 4.79 Å². The molecule has 2 aliphatic rings. The Balaban J connectivity index is 1.14. The van der Waals surface area contributed by atoms with Gasteiger partial charge in [0.25, 0.3) is 0 Å². The molecule has 1 amide bonds. The lowest BCUT2D eigenvalue weighted by Gasteiger charge is -2.27. The van der Waals surface area contributed by atoms with Crippen molar-refractivity contribution < 1.29 is 14.3 Å². The smallest absolute Gasteiger partial charge is 0.237 e. The molecule has 0 radical (unpaired) electrons. The minimum Gasteiger partial charge on any atom is -0.454 e. The van der Waals surface area contributed by atoms with Crippen LogP contribution in [0.5, 0.6) is 11.5 Å². The molecule has 0 aliphatic carbocycles. The van der Waals surface area contributed by atoms with Crippen molar-refractivity contribution in [2.75, 3.05) is 19.9 Å². The van der Waals surface area contributed by atoms with E-state index in [1.165, 1.54) is 16.3 Å². The summed E-state index contributed by atoms with van der Waals surface area (Å²) in [6, 6.07) is 21.5. The van der Waals surface area contributed by atoms with Crippen LogP contribution in [0.25, 0.3) is 10.8 Å². The monoisotopic (exact) mass is 459 g/mol. The maximum Gasteiger partial charge on any atom is 0.237 e. The van der Waals surface area contributed by atoms with Crippen LogP contribution in [-0.2, 0) is 17.8 Å². The molecule has 34 heavy (non-hydrogen) atoms. The fourth-order valence-electron chi connectivity index (χ4n) is 4.99. The van der Waals surface area contributed by atoms with Crippen molar-refractivity contribution in [1.82, 2.24) is 15.5 Å². The normalized spacial score (nSPS) is 19.7. The van der Waals surface area contributed by atoms with Gasteiger partial charge in [-0.1, -0.05) is 42.5 Å². The number of carbonyl (C=O) groups excluding carboxylic acids is 1. The topological polar surface area (TPSA) is 62.8 Å². The third-order valence-corrected chi connectivity index (χ3v) is 6.86. The van der Waals surface area contributed by atoms with Crippen LogP contribution in [0.15, 0.2) is 60.7 Å². The van der Waals surface area contributed by atoms with Gasteiger partial charge < -0.3 is 20.1 Å². The molecule has 2 N–H and O–H groups in total. The van der Waals surface area contributed by atoms with E-state index in [1.54, 1.807) is 0 Å². The number of carbonyl (C=O) groups is 1. The minimum atomic E-state index is -0.106. The van der Waals surface area contributed by atoms with Gasteiger partial charge in [0.2, 0.25) is 12.7 Å². The van der Waals surface area contributed by atoms with Crippen LogP contribution >= 0.6 is 0 Å². The second-order valence-electron chi connectivity index (χ2n) is 9.53. The minimum absolute atomic E-state index is 0.106. The fraction of sp³-hybridized carbons (Fsp3) is 0.393. The molecule has 1 saturated heterocycles. The third-order valence-electron chi connectivity index (χ3n) is 6.86. The summed E-state index contributed by atoms with van der Waals surface area (Å²) in [5, 5.41) is 9.37. The molecular formula is C28H33N3O3. The molecule has 0 bridgehead atoms. The molecule has 2 atom stereocenters. The summed E-state index contributed by atoms with van der Waals surface area (Å²) in [4.78, 5) is 15.4. The average Bonchev–Trinajstić information content (AvgIpc) is 3.49. The summed E-state index contributed by atoms with van der Waals surface area (Å²) in [5.41, 5.74) is 2.40. The molecular weight excluding hydrogens is 426 g/mol. The van der Waals surface area contributed by atoms with E-state index in [0.717, 1.165) is 43.0 Å². The lowest BCUT2D eigenvalue weighted by Crippen LogP contribution is -2.46. The first-order chi connectivity index (χ1) is 16.6. The van der Waals surface area contributed by atoms with Crippen molar-refractivity contribution in [3.05, 3.63) is 71.8 Å². The van der Waals surface area contributed by atoms with Gasteiger partial charge >= 0.3 is 0 Å². The van der Waals surface area contributed by atoms with Gasteiger partial charge in [0, 0.05) is 31.7 Å². The molecule has 5 rings (SSSR count). The summed E-state index contributed by atoms with van der Waals surface area (Å²) in [6.45, 7) is 6.90. The number of amides is 1. The van der Waals surface area contributed by atoms with E-state index in [1.807, 2.05) is 18.2 Å². The van der Waals surface area contributed by atoms with Crippen molar-refractivity contribution in [2.45, 2.75) is 51.4 Å². The Labute approximate surface area is 201 Å². The third kappa shape index (κ3) is 5.03. The predicted molar refractivity (Wildman–Crippen MR) is 134 cm³/mol. The van der Waals surface area contributed by atoms with Crippen LogP contribution in [0.1, 0.15) is 31.4 Å². The van der Waals surface area contributed by atoms with Crippen LogP contribution in [0.3, 0.4) is 0 Å². The van der Waals surface area contributed by atoms with E-state index in [4.69, 9.17) is 9.47 Å². The summed E-state index contributed by atoms with van der Waals surface area (Å²) in [5.74, 6) is 1.68. The van der Waals surface area contributed by atoms with Crippen LogP contribution in [0.2, 0.25) is 0 Å². The van der Waals surface area contributed by atoms with Gasteiger partial charge in [-0.15, -0.1) is 0 Å². The van der Waals surface area contributed by atoms with Crippen LogP contribution < -0.4 is 20.1 Å². The number of likely N-dealkylation sites (tertiary alicyclic amines) is 1. The van der Waals surface area contributed by atoms with Gasteiger partial charge in [-0.05, 0) is 66.8 Å². The van der Waals surface area contributed by atoms with Gasteiger partial charge in [-0.3, -0.25) is 9.69 Å². The van der Waals surface area contributed by atoms with Gasteiger partial charge in [-0.2, -0.15) is 0 Å². The molecule has 0 spiro atoms. The number of nitrogens with zero attached hydrogens (tertiary/aromatic N) is 1. The first-order valence-electron chi connectivity index (χ1n) is 12.2. The van der Waals surface area contributed by atoms with E-state index < -0.39 is 0 Å². The first kappa shape index (κ1) is 22.7. The number of benzene rings is 3. The van der Waals surface area contributed by atoms with Crippen molar-refractivity contribution in [3.8, 4) is 11.5 Å². The Morgan fingerprint density at radius 1 is 1.00 bits per heavy atom. The Morgan fingerprint density at radius 3 is 2.65 bits per heavy atom. The Hall–Kier alpha value is -3.09. The second kappa shape index (κ2) is 10.0. The molecule has 3 aromatic rings. The van der Waals surface area contributed by atoms with Crippen LogP contribution in [0.4, 0.5) is 0 Å². The number of ether oxygens (including phenoxy) is 2. The quantitative estimate of drug-likeness (QED) is 0.536. The van der Waals surface area contributed by atoms with Crippen molar-refractivity contribution in [2.24, 2.45) is 0 Å². The zero-order valence-corrected chi connectivity index (χ0v) is 19.9. The van der Waals surface area contributed by atoms with Crippen LogP contribution in [-0.4, -0.2) is 48.8 Å². The largest absolute Gasteiger partial charge is 0.454 e. The summed E-state index contributed by atoms with van der Waals surface area (Å²) in [6.07, 6.45) is 1.59. The maximum absolute atomic E-state index is 13.1. The Morgan fingerprint density at radius 2 is 1.79 bits per heavy atom. The summed E-state index contributed by atoms with van der Waals surface area (Å²) in [7, 11) is 0. The standard InChI is InChI=1S/C28H33N3O3/c1-19(2)31-17-24(30-16-21-7-9-22-5-3-4-6-23(22)13-21)15-25(31)28(32)29-12-11-20-8-10-26-27(14-20)34-18-33-26/h3-10,13-14,19,24-25,30H,11-12,15-18H2,1-2H3,(H,29,32)/t24-,25+/m1/s1. The first-order valence-corrected chi connectivity index (χ1v) is 12.2. The van der Waals surface area contributed by atoms with Gasteiger partial charge in [0.05, 0.1) is 6.04 Å². The van der Waals surface area contributed by atoms with Gasteiger partial charge in [-0.25, -0.2) is 0 Å². The highest BCUT2D eigenvalue weighted by Gasteiger charge is 2.37. The number of nitrogens with one attached hydrogen (secondary N) is 2. The molecule has 2 aliphatic heterocycles. The molecule has 1 fully saturated rings. The zero-order chi connectivity index (χ0) is 23.5. The Kier molecular flexibility index (Phi) is 6.70. The fourth-order valence-corrected chi connectivity index (χ4v) is 4.99. The molecule has 2 heterocycles. The van der Waals surface area contributed by atoms with E-state index in [-0.39, 0.29) is 18.7 Å². The van der Waals surface area contributed by atoms with E-state index in [2.05, 4.69) is 71.8 Å². The predicted octanol–water partition coefficient (Wildman–Crippen LogP) is 3.87. The molecule has 6 nitrogen and oxygen atoms in total. The second-order valence-corrected chi connectivity index (χ2v) is 9.53. The molecule has 0 unspecified atom stereocenters. The molecule has 0 saturated carbocycles. The molecule has 0 aromatic heterocycles. The summed E-state index contributed by atoms with van der Waals surface area (Å²) >= 11 is 0. The molecule has 178 valence electrons. The maximum atomic E-state index is 13.1. The molecule has 6 heteroatoms. The Bertz CT molecular complexity index is 1160. The lowest BCUT2D eigenvalue weighted by molar-refractivity contribution is -0.126. The van der Waals surface area contributed by atoms with Gasteiger partial charge in [0.1, 0.15) is 0 Å². The highest BCUT2D eigenvalue weighted by Crippen LogP contribution is 2.32. The van der Waals surface area contributed by atoms with Crippen molar-refractivity contribution >= 4 is 16.7 Å². The zero-order valence-electron chi connectivity index (χ0n) is 19.9. The SMILES string of the molecule is CC(C)N1C[C@H](NCc2ccc3ccccc3c2)C[C@H]1C(=O)NCCc1ccc2c(c1)OCO2. The number of fused-ring (bicyclic) bond motifs is 2. The van der Waals surface area contributed by atoms with E-state index >= 15 is 0 Å². The van der Waals surface area contributed by atoms with Crippen molar-refractivity contribution in [3.63, 3.8) is 0 Å². The highest BCUT2D eigenvalue weighted by atomic mass is 16.7. The number of hydrogen-bond acceptors (Lipinski definition) is 5. The number of rotatable bonds is 8. The molecule has 3 aromatic carbocycles. The lowest BCUT2D eigenvalue weighted by atomic mass is 10.1. The van der Waals surface area contributed by atoms with Gasteiger partial charge in [0.15, 0.2) is 11.5 Å². The van der Waals surface area contributed by atoms with E-state index in [0.29, 0.717) is 18.6 Å². The van der Waals surface area contributed by atoms with Crippen LogP contribution in [0, 0.1) is 0 Å². The summed E-state index contributed by atoms with van der Waals surface area (Å²) < 4.78 is 10.8. The van der Waals surface area contributed by atoms with Crippen molar-refractivity contribution in [1.29, 1.82) is 0 Å². The average molecular weight is 460 g/mol.